The highest BCUT2D eigenvalue weighted by molar-refractivity contribution is 6.85. The van der Waals surface area contributed by atoms with Crippen LogP contribution < -0.4 is 0 Å². The third-order valence-corrected chi connectivity index (χ3v) is 16.0. The lowest BCUT2D eigenvalue weighted by Crippen LogP contribution is -2.58. The van der Waals surface area contributed by atoms with Gasteiger partial charge in [0.25, 0.3) is 0 Å². The van der Waals surface area contributed by atoms with Crippen LogP contribution in [0, 0.1) is 0 Å². The van der Waals surface area contributed by atoms with Gasteiger partial charge in [0.15, 0.2) is 0 Å². The Balaban J connectivity index is 5.22. The Kier molecular flexibility index (Phi) is 12.1. The molecule has 0 aromatic rings. The molecule has 0 aliphatic rings. The summed E-state index contributed by atoms with van der Waals surface area (Å²) in [5.74, 6) is 0. The lowest BCUT2D eigenvalue weighted by atomic mass is 10.9. The van der Waals surface area contributed by atoms with E-state index in [9.17, 15) is 0 Å². The van der Waals surface area contributed by atoms with E-state index in [2.05, 4.69) is 6.55 Å². The highest BCUT2D eigenvalue weighted by atomic mass is 28.5. The van der Waals surface area contributed by atoms with Gasteiger partial charge in [-0.05, 0) is 19.6 Å². The maximum atomic E-state index is 6.54. The van der Waals surface area contributed by atoms with Crippen molar-refractivity contribution < 1.29 is 31.3 Å². The van der Waals surface area contributed by atoms with Crippen LogP contribution in [-0.4, -0.2) is 81.1 Å². The minimum Gasteiger partial charge on any atom is -0.415 e. The smallest absolute Gasteiger partial charge is 0.328 e. The third kappa shape index (κ3) is 9.17. The molecule has 146 valence electrons. The number of rotatable bonds is 15. The standard InChI is InChI=1S/C14H36O7Si3/c1-15-9-12-22(6,18-4)20-24(8,14-11-17-3)21-23(7,19-5)13-10-16-2/h9-14H2,1-8H3. The molecule has 0 amide bonds. The molecular formula is C14H36O7Si3. The monoisotopic (exact) mass is 400 g/mol. The van der Waals surface area contributed by atoms with Crippen molar-refractivity contribution >= 4 is 25.7 Å². The maximum absolute atomic E-state index is 6.54. The van der Waals surface area contributed by atoms with Crippen LogP contribution in [0.1, 0.15) is 0 Å². The van der Waals surface area contributed by atoms with Crippen LogP contribution in [0.5, 0.6) is 0 Å². The van der Waals surface area contributed by atoms with Gasteiger partial charge in [0, 0.05) is 73.5 Å². The Morgan fingerprint density at radius 1 is 0.500 bits per heavy atom. The Morgan fingerprint density at radius 2 is 0.792 bits per heavy atom. The van der Waals surface area contributed by atoms with E-state index in [1.165, 1.54) is 0 Å². The van der Waals surface area contributed by atoms with Gasteiger partial charge in [0.2, 0.25) is 0 Å². The Labute approximate surface area is 150 Å². The third-order valence-electron chi connectivity index (χ3n) is 4.01. The molecule has 7 nitrogen and oxygen atoms in total. The van der Waals surface area contributed by atoms with Crippen molar-refractivity contribution in [3.63, 3.8) is 0 Å². The molecule has 10 heteroatoms. The van der Waals surface area contributed by atoms with Crippen LogP contribution in [0.15, 0.2) is 0 Å². The van der Waals surface area contributed by atoms with E-state index in [-0.39, 0.29) is 0 Å². The molecule has 0 fully saturated rings. The number of methoxy groups -OCH3 is 3. The molecule has 24 heavy (non-hydrogen) atoms. The molecule has 0 rings (SSSR count). The number of hydrogen-bond acceptors (Lipinski definition) is 7. The molecule has 2 atom stereocenters. The van der Waals surface area contributed by atoms with Gasteiger partial charge in [-0.15, -0.1) is 0 Å². The molecule has 0 radical (unpaired) electrons. The lowest BCUT2D eigenvalue weighted by Gasteiger charge is -2.41. The second-order valence-corrected chi connectivity index (χ2v) is 17.0. The van der Waals surface area contributed by atoms with Gasteiger partial charge in [-0.3, -0.25) is 0 Å². The molecule has 0 spiro atoms. The van der Waals surface area contributed by atoms with Crippen LogP contribution >= 0.6 is 0 Å². The van der Waals surface area contributed by atoms with Crippen molar-refractivity contribution in [2.24, 2.45) is 0 Å². The molecular weight excluding hydrogens is 364 g/mol. The highest BCUT2D eigenvalue weighted by Gasteiger charge is 2.47. The van der Waals surface area contributed by atoms with E-state index in [4.69, 9.17) is 31.3 Å². The first-order chi connectivity index (χ1) is 11.2. The van der Waals surface area contributed by atoms with Gasteiger partial charge in [-0.2, -0.15) is 0 Å². The average Bonchev–Trinajstić information content (AvgIpc) is 2.56. The summed E-state index contributed by atoms with van der Waals surface area (Å²) in [5, 5.41) is 0. The molecule has 0 aliphatic carbocycles. The zero-order chi connectivity index (χ0) is 18.7. The SMILES string of the molecule is COCC[Si](C)(OC)O[Si](C)(CCOC)O[Si](C)(CCOC)OC. The zero-order valence-electron chi connectivity index (χ0n) is 16.6. The molecule has 0 aromatic heterocycles. The highest BCUT2D eigenvalue weighted by Crippen LogP contribution is 2.28. The Bertz CT molecular complexity index is 313. The number of ether oxygens (including phenoxy) is 3. The summed E-state index contributed by atoms with van der Waals surface area (Å²) in [6.45, 7) is 7.96. The normalized spacial score (nSPS) is 19.5. The van der Waals surface area contributed by atoms with Gasteiger partial charge in [0.1, 0.15) is 0 Å². The predicted molar refractivity (Wildman–Crippen MR) is 101 cm³/mol. The van der Waals surface area contributed by atoms with Gasteiger partial charge >= 0.3 is 25.7 Å². The first-order valence-electron chi connectivity index (χ1n) is 8.19. The molecule has 0 aliphatic heterocycles. The fourth-order valence-corrected chi connectivity index (χ4v) is 14.6. The molecule has 0 saturated heterocycles. The van der Waals surface area contributed by atoms with Crippen LogP contribution in [0.3, 0.4) is 0 Å². The van der Waals surface area contributed by atoms with Gasteiger partial charge < -0.3 is 31.3 Å². The molecule has 0 heterocycles. The summed E-state index contributed by atoms with van der Waals surface area (Å²) in [4.78, 5) is 0. The van der Waals surface area contributed by atoms with E-state index in [1.807, 2.05) is 13.1 Å². The van der Waals surface area contributed by atoms with E-state index >= 15 is 0 Å². The van der Waals surface area contributed by atoms with Crippen molar-refractivity contribution in [3.8, 4) is 0 Å². The number of hydrogen-bond donors (Lipinski definition) is 0. The molecule has 0 aromatic carbocycles. The zero-order valence-corrected chi connectivity index (χ0v) is 19.6. The van der Waals surface area contributed by atoms with E-state index in [0.29, 0.717) is 19.8 Å². The van der Waals surface area contributed by atoms with Crippen LogP contribution in [-0.2, 0) is 31.3 Å². The van der Waals surface area contributed by atoms with Crippen molar-refractivity contribution in [1.82, 2.24) is 0 Å². The van der Waals surface area contributed by atoms with Crippen LogP contribution in [0.25, 0.3) is 0 Å². The van der Waals surface area contributed by atoms with E-state index in [0.717, 1.165) is 18.1 Å². The van der Waals surface area contributed by atoms with Gasteiger partial charge in [-0.1, -0.05) is 0 Å². The summed E-state index contributed by atoms with van der Waals surface area (Å²) in [6.07, 6.45) is 0. The van der Waals surface area contributed by atoms with Gasteiger partial charge in [-0.25, -0.2) is 0 Å². The second kappa shape index (κ2) is 11.9. The van der Waals surface area contributed by atoms with Gasteiger partial charge in [0.05, 0.1) is 0 Å². The summed E-state index contributed by atoms with van der Waals surface area (Å²) in [7, 11) is 1.14. The summed E-state index contributed by atoms with van der Waals surface area (Å²) < 4.78 is 40.3. The maximum Gasteiger partial charge on any atom is 0.328 e. The first-order valence-corrected chi connectivity index (χ1v) is 15.8. The van der Waals surface area contributed by atoms with Crippen molar-refractivity contribution in [1.29, 1.82) is 0 Å². The van der Waals surface area contributed by atoms with Crippen molar-refractivity contribution in [2.45, 2.75) is 37.8 Å². The average molecular weight is 401 g/mol. The summed E-state index contributed by atoms with van der Waals surface area (Å²) in [5.41, 5.74) is 0. The van der Waals surface area contributed by atoms with Crippen molar-refractivity contribution in [2.75, 3.05) is 55.4 Å². The predicted octanol–water partition coefficient (Wildman–Crippen LogP) is 2.47. The Morgan fingerprint density at radius 3 is 1.04 bits per heavy atom. The van der Waals surface area contributed by atoms with Crippen LogP contribution in [0.2, 0.25) is 37.8 Å². The Hall–Kier alpha value is 0.371. The topological polar surface area (TPSA) is 64.6 Å². The molecule has 0 saturated carbocycles. The minimum absolute atomic E-state index is 0.583. The fourth-order valence-electron chi connectivity index (χ4n) is 2.29. The largest absolute Gasteiger partial charge is 0.415 e. The molecule has 2 unspecified atom stereocenters. The van der Waals surface area contributed by atoms with E-state index in [1.54, 1.807) is 35.5 Å². The summed E-state index contributed by atoms with van der Waals surface area (Å²) >= 11 is 0. The second-order valence-electron chi connectivity index (χ2n) is 6.24. The fraction of sp³-hybridized carbons (Fsp3) is 1.00. The lowest BCUT2D eigenvalue weighted by molar-refractivity contribution is 0.176. The quantitative estimate of drug-likeness (QED) is 0.391. The molecule has 0 bridgehead atoms. The first kappa shape index (κ1) is 24.4. The minimum atomic E-state index is -2.55. The van der Waals surface area contributed by atoms with Crippen molar-refractivity contribution in [3.05, 3.63) is 0 Å². The van der Waals surface area contributed by atoms with Crippen LogP contribution in [0.4, 0.5) is 0 Å². The van der Waals surface area contributed by atoms with E-state index < -0.39 is 25.7 Å². The molecule has 0 N–H and O–H groups in total. The summed E-state index contributed by atoms with van der Waals surface area (Å²) in [6, 6.07) is 2.23.